The highest BCUT2D eigenvalue weighted by Gasteiger charge is 2.40. The third kappa shape index (κ3) is 5.30. The molecule has 6 nitrogen and oxygen atoms in total. The first-order valence-electron chi connectivity index (χ1n) is 6.18. The third-order valence-electron chi connectivity index (χ3n) is 2.75. The Hall–Kier alpha value is -0.690. The average molecular weight is 261 g/mol. The van der Waals surface area contributed by atoms with Crippen molar-refractivity contribution in [2.24, 2.45) is 0 Å². The molecule has 1 saturated heterocycles. The largest absolute Gasteiger partial charge is 0.480 e. The van der Waals surface area contributed by atoms with Crippen LogP contribution in [0.25, 0.3) is 0 Å². The fourth-order valence-electron chi connectivity index (χ4n) is 2.01. The number of carboxylic acid groups (broad SMARTS) is 1. The van der Waals surface area contributed by atoms with Crippen molar-refractivity contribution in [1.29, 1.82) is 0 Å². The fourth-order valence-corrected chi connectivity index (χ4v) is 2.01. The molecule has 1 fully saturated rings. The Morgan fingerprint density at radius 1 is 1.44 bits per heavy atom. The maximum Gasteiger partial charge on any atom is 0.329 e. The number of ether oxygens (including phenoxy) is 2. The lowest BCUT2D eigenvalue weighted by Gasteiger charge is -2.47. The number of likely N-dealkylation sites (tertiary alicyclic amines) is 1. The number of aliphatic hydroxyl groups is 1. The number of aliphatic hydroxyl groups excluding tert-OH is 1. The summed E-state index contributed by atoms with van der Waals surface area (Å²) in [6.07, 6.45) is -0.406. The van der Waals surface area contributed by atoms with Crippen LogP contribution in [0, 0.1) is 0 Å². The quantitative estimate of drug-likeness (QED) is 0.637. The van der Waals surface area contributed by atoms with E-state index < -0.39 is 17.7 Å². The second-order valence-corrected chi connectivity index (χ2v) is 5.34. The number of rotatable bonds is 8. The van der Waals surface area contributed by atoms with Crippen molar-refractivity contribution in [3.8, 4) is 0 Å². The van der Waals surface area contributed by atoms with Crippen LogP contribution in [0.2, 0.25) is 0 Å². The third-order valence-corrected chi connectivity index (χ3v) is 2.75. The van der Waals surface area contributed by atoms with E-state index in [-0.39, 0.29) is 12.7 Å². The van der Waals surface area contributed by atoms with Crippen LogP contribution in [0.3, 0.4) is 0 Å². The fraction of sp³-hybridized carbons (Fsp3) is 0.917. The molecule has 0 radical (unpaired) electrons. The molecule has 1 unspecified atom stereocenters. The first-order chi connectivity index (χ1) is 8.31. The van der Waals surface area contributed by atoms with Crippen molar-refractivity contribution < 1.29 is 24.5 Å². The van der Waals surface area contributed by atoms with Gasteiger partial charge in [0.25, 0.3) is 0 Å². The summed E-state index contributed by atoms with van der Waals surface area (Å²) in [5.74, 6) is -0.958. The highest BCUT2D eigenvalue weighted by atomic mass is 16.5. The lowest BCUT2D eigenvalue weighted by molar-refractivity contribution is -0.168. The molecule has 1 heterocycles. The van der Waals surface area contributed by atoms with E-state index in [9.17, 15) is 9.90 Å². The van der Waals surface area contributed by atoms with Crippen LogP contribution in [0.5, 0.6) is 0 Å². The SMILES string of the molecule is CC(C)OCC(O)CN1CC(C)(OCC(=O)O)C1. The summed E-state index contributed by atoms with van der Waals surface area (Å²) in [6, 6.07) is 0. The molecule has 0 aromatic heterocycles. The Bertz CT molecular complexity index is 276. The van der Waals surface area contributed by atoms with Gasteiger partial charge >= 0.3 is 5.97 Å². The molecule has 1 aliphatic rings. The second-order valence-electron chi connectivity index (χ2n) is 5.34. The van der Waals surface area contributed by atoms with Gasteiger partial charge in [0, 0.05) is 19.6 Å². The molecule has 0 amide bonds. The molecule has 0 spiro atoms. The van der Waals surface area contributed by atoms with Gasteiger partial charge < -0.3 is 19.7 Å². The van der Waals surface area contributed by atoms with Crippen LogP contribution in [0.15, 0.2) is 0 Å². The predicted molar refractivity (Wildman–Crippen MR) is 65.5 cm³/mol. The van der Waals surface area contributed by atoms with E-state index in [1.165, 1.54) is 0 Å². The molecule has 2 N–H and O–H groups in total. The minimum absolute atomic E-state index is 0.111. The molecule has 18 heavy (non-hydrogen) atoms. The van der Waals surface area contributed by atoms with Crippen LogP contribution < -0.4 is 0 Å². The summed E-state index contributed by atoms with van der Waals surface area (Å²) in [5, 5.41) is 18.3. The summed E-state index contributed by atoms with van der Waals surface area (Å²) >= 11 is 0. The Balaban J connectivity index is 2.15. The molecule has 0 saturated carbocycles. The molecule has 0 aromatic carbocycles. The van der Waals surface area contributed by atoms with Gasteiger partial charge in [0.1, 0.15) is 6.61 Å². The van der Waals surface area contributed by atoms with E-state index in [0.717, 1.165) is 0 Å². The second kappa shape index (κ2) is 6.47. The van der Waals surface area contributed by atoms with Crippen molar-refractivity contribution >= 4 is 5.97 Å². The maximum atomic E-state index is 10.4. The standard InChI is InChI=1S/C12H23NO5/c1-9(2)17-5-10(14)4-13-7-12(3,8-13)18-6-11(15)16/h9-10,14H,4-8H2,1-3H3,(H,15,16). The lowest BCUT2D eigenvalue weighted by atomic mass is 9.96. The summed E-state index contributed by atoms with van der Waals surface area (Å²) in [5.41, 5.74) is -0.406. The molecule has 0 aliphatic carbocycles. The smallest absolute Gasteiger partial charge is 0.329 e. The van der Waals surface area contributed by atoms with Gasteiger partial charge in [-0.1, -0.05) is 0 Å². The number of aliphatic carboxylic acids is 1. The minimum Gasteiger partial charge on any atom is -0.480 e. The summed E-state index contributed by atoms with van der Waals surface area (Å²) in [7, 11) is 0. The normalized spacial score (nSPS) is 20.7. The van der Waals surface area contributed by atoms with Crippen LogP contribution in [-0.2, 0) is 14.3 Å². The van der Waals surface area contributed by atoms with Crippen molar-refractivity contribution in [2.45, 2.75) is 38.6 Å². The molecule has 1 rings (SSSR count). The molecule has 0 aromatic rings. The Morgan fingerprint density at radius 2 is 2.06 bits per heavy atom. The zero-order valence-electron chi connectivity index (χ0n) is 11.3. The van der Waals surface area contributed by atoms with Gasteiger partial charge in [0.2, 0.25) is 0 Å². The summed E-state index contributed by atoms with van der Waals surface area (Å²) < 4.78 is 10.6. The maximum absolute atomic E-state index is 10.4. The van der Waals surface area contributed by atoms with E-state index in [2.05, 4.69) is 0 Å². The van der Waals surface area contributed by atoms with Gasteiger partial charge in [0.05, 0.1) is 24.4 Å². The zero-order chi connectivity index (χ0) is 13.8. The van der Waals surface area contributed by atoms with Gasteiger partial charge in [-0.3, -0.25) is 4.90 Å². The van der Waals surface area contributed by atoms with E-state index in [0.29, 0.717) is 26.2 Å². The molecular weight excluding hydrogens is 238 g/mol. The first kappa shape index (κ1) is 15.4. The van der Waals surface area contributed by atoms with Gasteiger partial charge in [-0.05, 0) is 20.8 Å². The van der Waals surface area contributed by atoms with Crippen LogP contribution in [0.1, 0.15) is 20.8 Å². The lowest BCUT2D eigenvalue weighted by Crippen LogP contribution is -2.63. The van der Waals surface area contributed by atoms with Crippen molar-refractivity contribution in [1.82, 2.24) is 4.90 Å². The van der Waals surface area contributed by atoms with E-state index in [4.69, 9.17) is 14.6 Å². The van der Waals surface area contributed by atoms with Crippen molar-refractivity contribution in [2.75, 3.05) is 32.8 Å². The first-order valence-corrected chi connectivity index (χ1v) is 6.18. The van der Waals surface area contributed by atoms with Gasteiger partial charge in [-0.2, -0.15) is 0 Å². The number of β-amino-alcohol motifs (C(OH)–C–C–N with tert-alkyl or cyclic N) is 1. The highest BCUT2D eigenvalue weighted by Crippen LogP contribution is 2.24. The van der Waals surface area contributed by atoms with Gasteiger partial charge in [0.15, 0.2) is 0 Å². The molecule has 6 heteroatoms. The topological polar surface area (TPSA) is 79.2 Å². The Labute approximate surface area is 107 Å². The predicted octanol–water partition coefficient (Wildman–Crippen LogP) is -0.0522. The van der Waals surface area contributed by atoms with E-state index >= 15 is 0 Å². The number of hydrogen-bond acceptors (Lipinski definition) is 5. The molecular formula is C12H23NO5. The van der Waals surface area contributed by atoms with E-state index in [1.54, 1.807) is 0 Å². The van der Waals surface area contributed by atoms with Gasteiger partial charge in [-0.25, -0.2) is 4.79 Å². The number of hydrogen-bond donors (Lipinski definition) is 2. The monoisotopic (exact) mass is 261 g/mol. The van der Waals surface area contributed by atoms with Crippen LogP contribution in [0.4, 0.5) is 0 Å². The number of carboxylic acids is 1. The number of carbonyl (C=O) groups is 1. The van der Waals surface area contributed by atoms with E-state index in [1.807, 2.05) is 25.7 Å². The Kier molecular flexibility index (Phi) is 5.52. The van der Waals surface area contributed by atoms with Crippen LogP contribution in [-0.4, -0.2) is 71.7 Å². The zero-order valence-corrected chi connectivity index (χ0v) is 11.3. The summed E-state index contributed by atoms with van der Waals surface area (Å²) in [6.45, 7) is 7.57. The van der Waals surface area contributed by atoms with Crippen molar-refractivity contribution in [3.05, 3.63) is 0 Å². The molecule has 1 aliphatic heterocycles. The molecule has 0 bridgehead atoms. The van der Waals surface area contributed by atoms with Crippen molar-refractivity contribution in [3.63, 3.8) is 0 Å². The number of nitrogens with zero attached hydrogens (tertiary/aromatic N) is 1. The van der Waals surface area contributed by atoms with Crippen LogP contribution >= 0.6 is 0 Å². The minimum atomic E-state index is -0.958. The van der Waals surface area contributed by atoms with Gasteiger partial charge in [-0.15, -0.1) is 0 Å². The summed E-state index contributed by atoms with van der Waals surface area (Å²) in [4.78, 5) is 12.4. The Morgan fingerprint density at radius 3 is 2.56 bits per heavy atom. The highest BCUT2D eigenvalue weighted by molar-refractivity contribution is 5.68. The molecule has 1 atom stereocenters. The average Bonchev–Trinajstić information content (AvgIpc) is 2.21. The molecule has 106 valence electrons.